The van der Waals surface area contributed by atoms with Gasteiger partial charge in [0.25, 0.3) is 18.2 Å². The number of Topliss-reactive ketones (excluding diaryl/α,β-unsaturated/α-hetero) is 1. The van der Waals surface area contributed by atoms with Crippen LogP contribution < -0.4 is 9.64 Å². The highest BCUT2D eigenvalue weighted by Gasteiger charge is 2.49. The summed E-state index contributed by atoms with van der Waals surface area (Å²) in [5.41, 5.74) is 2.45. The van der Waals surface area contributed by atoms with Crippen LogP contribution in [0.4, 0.5) is 5.69 Å². The number of hydrogen-bond acceptors (Lipinski definition) is 9. The fraction of sp³-hybridized carbons (Fsp3) is 0.375. The fourth-order valence-corrected chi connectivity index (χ4v) is 5.13. The molecule has 1 aromatic heterocycles. The second-order valence-corrected chi connectivity index (χ2v) is 11.3. The van der Waals surface area contributed by atoms with Crippen molar-refractivity contribution in [2.75, 3.05) is 32.1 Å². The van der Waals surface area contributed by atoms with E-state index in [1.54, 1.807) is 42.3 Å². The fourth-order valence-electron chi connectivity index (χ4n) is 5.13. The van der Waals surface area contributed by atoms with E-state index in [1.807, 2.05) is 45.0 Å². The summed E-state index contributed by atoms with van der Waals surface area (Å²) < 4.78 is 14.7. The van der Waals surface area contributed by atoms with Gasteiger partial charge in [-0.25, -0.2) is 0 Å². The molecule has 1 amide bonds. The van der Waals surface area contributed by atoms with Crippen molar-refractivity contribution >= 4 is 29.6 Å². The van der Waals surface area contributed by atoms with Crippen molar-refractivity contribution in [3.8, 4) is 17.0 Å². The van der Waals surface area contributed by atoms with Gasteiger partial charge < -0.3 is 24.0 Å². The SMILES string of the molecule is CC(C)(C)OC=O.COc1ccc(/C(O)=C2/C(=O)C(=O)N(c3ccc(-c4ccon4)cc3)C2C2CCN(C)CC2)cc1. The number of hydrogen-bond donors (Lipinski definition) is 1. The highest BCUT2D eigenvalue weighted by molar-refractivity contribution is 6.51. The number of aliphatic hydroxyl groups excluding tert-OH is 1. The monoisotopic (exact) mass is 575 g/mol. The minimum absolute atomic E-state index is 0.0345. The molecule has 0 saturated carbocycles. The highest BCUT2D eigenvalue weighted by Crippen LogP contribution is 2.40. The summed E-state index contributed by atoms with van der Waals surface area (Å²) in [6, 6.07) is 15.4. The molecule has 2 aliphatic rings. The van der Waals surface area contributed by atoms with Gasteiger partial charge in [0.2, 0.25) is 0 Å². The minimum Gasteiger partial charge on any atom is -0.507 e. The van der Waals surface area contributed by atoms with E-state index in [0.29, 0.717) is 29.2 Å². The molecule has 2 saturated heterocycles. The van der Waals surface area contributed by atoms with Crippen molar-refractivity contribution in [2.45, 2.75) is 45.3 Å². The number of benzene rings is 2. The van der Waals surface area contributed by atoms with Crippen LogP contribution in [0.15, 0.2) is 71.0 Å². The Hall–Kier alpha value is -4.44. The average molecular weight is 576 g/mol. The number of amides is 1. The van der Waals surface area contributed by atoms with Crippen LogP contribution in [0.5, 0.6) is 5.75 Å². The van der Waals surface area contributed by atoms with Crippen LogP contribution in [-0.4, -0.2) is 72.2 Å². The van der Waals surface area contributed by atoms with Crippen LogP contribution >= 0.6 is 0 Å². The number of ether oxygens (including phenoxy) is 2. The minimum atomic E-state index is -0.664. The number of methoxy groups -OCH3 is 1. The number of ketones is 1. The second-order valence-electron chi connectivity index (χ2n) is 11.3. The summed E-state index contributed by atoms with van der Waals surface area (Å²) in [7, 11) is 3.63. The molecule has 0 radical (unpaired) electrons. The molecule has 3 aromatic rings. The Kier molecular flexibility index (Phi) is 9.47. The first kappa shape index (κ1) is 30.5. The molecule has 10 nitrogen and oxygen atoms in total. The molecule has 42 heavy (non-hydrogen) atoms. The van der Waals surface area contributed by atoms with Crippen molar-refractivity contribution in [3.63, 3.8) is 0 Å². The average Bonchev–Trinajstić information content (AvgIpc) is 3.60. The van der Waals surface area contributed by atoms with Crippen LogP contribution in [0.25, 0.3) is 17.0 Å². The topological polar surface area (TPSA) is 122 Å². The van der Waals surface area contributed by atoms with E-state index in [0.717, 1.165) is 31.5 Å². The standard InChI is InChI=1S/C27H27N3O5.C5H10O2/c1-29-14-11-18(12-15-29)24-23(25(31)19-5-9-21(34-2)10-6-19)26(32)27(33)30(24)20-7-3-17(4-8-20)22-13-16-35-28-22;1-5(2,3)7-4-6/h3-10,13,16,18,24,31H,11-12,14-15H2,1-2H3;4H,1-3H3/b25-23-;. The molecule has 0 aliphatic carbocycles. The van der Waals surface area contributed by atoms with Gasteiger partial charge in [-0.1, -0.05) is 17.3 Å². The Balaban J connectivity index is 0.000000517. The van der Waals surface area contributed by atoms with Crippen LogP contribution in [-0.2, 0) is 19.1 Å². The third kappa shape index (κ3) is 6.88. The van der Waals surface area contributed by atoms with Gasteiger partial charge in [0.05, 0.1) is 18.7 Å². The number of carbonyl (C=O) groups excluding carboxylic acids is 3. The lowest BCUT2D eigenvalue weighted by Gasteiger charge is -2.37. The van der Waals surface area contributed by atoms with Crippen molar-refractivity contribution < 1.29 is 33.5 Å². The zero-order chi connectivity index (χ0) is 30.4. The number of anilines is 1. The van der Waals surface area contributed by atoms with Gasteiger partial charge in [0.15, 0.2) is 0 Å². The predicted octanol–water partition coefficient (Wildman–Crippen LogP) is 4.90. The molecule has 1 unspecified atom stereocenters. The summed E-state index contributed by atoms with van der Waals surface area (Å²) in [6.07, 6.45) is 3.13. The number of rotatable bonds is 6. The van der Waals surface area contributed by atoms with Gasteiger partial charge in [0.1, 0.15) is 29.1 Å². The van der Waals surface area contributed by atoms with E-state index >= 15 is 0 Å². The second kappa shape index (κ2) is 13.0. The number of carbonyl (C=O) groups is 3. The lowest BCUT2D eigenvalue weighted by atomic mass is 9.84. The van der Waals surface area contributed by atoms with Gasteiger partial charge in [-0.2, -0.15) is 0 Å². The summed E-state index contributed by atoms with van der Waals surface area (Å²) in [5.74, 6) is -0.772. The van der Waals surface area contributed by atoms with E-state index in [1.165, 1.54) is 6.26 Å². The molecule has 1 atom stereocenters. The van der Waals surface area contributed by atoms with E-state index in [9.17, 15) is 19.5 Å². The van der Waals surface area contributed by atoms with Crippen molar-refractivity contribution in [2.24, 2.45) is 5.92 Å². The van der Waals surface area contributed by atoms with Gasteiger partial charge in [-0.05, 0) is 96.1 Å². The molecule has 0 spiro atoms. The van der Waals surface area contributed by atoms with Gasteiger partial charge in [-0.15, -0.1) is 0 Å². The molecule has 2 fully saturated rings. The van der Waals surface area contributed by atoms with Crippen molar-refractivity contribution in [1.82, 2.24) is 10.1 Å². The molecule has 0 bridgehead atoms. The van der Waals surface area contributed by atoms with Crippen molar-refractivity contribution in [1.29, 1.82) is 0 Å². The summed E-state index contributed by atoms with van der Waals surface area (Å²) in [5, 5.41) is 15.2. The lowest BCUT2D eigenvalue weighted by molar-refractivity contribution is -0.138. The normalized spacial score (nSPS) is 19.3. The van der Waals surface area contributed by atoms with Crippen molar-refractivity contribution in [3.05, 3.63) is 72.0 Å². The molecule has 3 heterocycles. The van der Waals surface area contributed by atoms with Crippen LogP contribution in [0.1, 0.15) is 39.2 Å². The maximum atomic E-state index is 13.4. The smallest absolute Gasteiger partial charge is 0.299 e. The summed E-state index contributed by atoms with van der Waals surface area (Å²) in [6.45, 7) is 7.64. The van der Waals surface area contributed by atoms with Gasteiger partial charge in [-0.3, -0.25) is 19.3 Å². The number of piperidine rings is 1. The number of nitrogens with zero attached hydrogens (tertiary/aromatic N) is 3. The Morgan fingerprint density at radius 3 is 2.17 bits per heavy atom. The Bertz CT molecular complexity index is 1400. The summed E-state index contributed by atoms with van der Waals surface area (Å²) >= 11 is 0. The molecule has 222 valence electrons. The molecule has 10 heteroatoms. The first-order valence-corrected chi connectivity index (χ1v) is 13.8. The molecule has 2 aromatic carbocycles. The number of likely N-dealkylation sites (tertiary alicyclic amines) is 1. The first-order chi connectivity index (χ1) is 20.0. The first-order valence-electron chi connectivity index (χ1n) is 13.8. The van der Waals surface area contributed by atoms with Crippen LogP contribution in [0.3, 0.4) is 0 Å². The Labute approximate surface area is 245 Å². The highest BCUT2D eigenvalue weighted by atomic mass is 16.5. The van der Waals surface area contributed by atoms with E-state index < -0.39 is 17.7 Å². The van der Waals surface area contributed by atoms with E-state index in [4.69, 9.17) is 9.26 Å². The van der Waals surface area contributed by atoms with Gasteiger partial charge >= 0.3 is 0 Å². The largest absolute Gasteiger partial charge is 0.507 e. The van der Waals surface area contributed by atoms with Crippen LogP contribution in [0, 0.1) is 5.92 Å². The molecular formula is C32H37N3O7. The lowest BCUT2D eigenvalue weighted by Crippen LogP contribution is -2.44. The third-order valence-corrected chi connectivity index (χ3v) is 7.34. The molecule has 1 N–H and O–H groups in total. The third-order valence-electron chi connectivity index (χ3n) is 7.34. The summed E-state index contributed by atoms with van der Waals surface area (Å²) in [4.78, 5) is 40.1. The Morgan fingerprint density at radius 1 is 1.02 bits per heavy atom. The van der Waals surface area contributed by atoms with E-state index in [-0.39, 0.29) is 22.9 Å². The maximum Gasteiger partial charge on any atom is 0.299 e. The van der Waals surface area contributed by atoms with Gasteiger partial charge in [0, 0.05) is 22.9 Å². The predicted molar refractivity (Wildman–Crippen MR) is 158 cm³/mol. The zero-order valence-electron chi connectivity index (χ0n) is 24.6. The maximum absolute atomic E-state index is 13.4. The zero-order valence-corrected chi connectivity index (χ0v) is 24.6. The quantitative estimate of drug-likeness (QED) is 0.189. The molecule has 5 rings (SSSR count). The number of aliphatic hydroxyl groups is 1. The van der Waals surface area contributed by atoms with E-state index in [2.05, 4.69) is 21.8 Å². The Morgan fingerprint density at radius 2 is 1.67 bits per heavy atom. The van der Waals surface area contributed by atoms with Crippen LogP contribution in [0.2, 0.25) is 0 Å². The number of aromatic nitrogens is 1. The molecular weight excluding hydrogens is 538 g/mol. The molecule has 2 aliphatic heterocycles.